The third kappa shape index (κ3) is 8.53. The number of carbonyl (C=O) groups is 2. The van der Waals surface area contributed by atoms with Crippen LogP contribution in [0.25, 0.3) is 11.1 Å². The second-order valence-electron chi connectivity index (χ2n) is 12.8. The molecule has 1 saturated heterocycles. The minimum atomic E-state index is -2.27. The number of rotatable bonds is 12. The maximum Gasteiger partial charge on any atom is 0.396 e. The summed E-state index contributed by atoms with van der Waals surface area (Å²) in [4.78, 5) is 30.0. The van der Waals surface area contributed by atoms with Gasteiger partial charge in [0.15, 0.2) is 6.10 Å². The molecule has 0 aliphatic carbocycles. The van der Waals surface area contributed by atoms with Gasteiger partial charge in [-0.15, -0.1) is 0 Å². The van der Waals surface area contributed by atoms with Gasteiger partial charge in [-0.3, -0.25) is 4.79 Å². The van der Waals surface area contributed by atoms with E-state index in [0.29, 0.717) is 41.9 Å². The molecule has 0 spiro atoms. The number of carbonyl (C=O) groups excluding carboxylic acids is 2. The van der Waals surface area contributed by atoms with E-state index >= 15 is 0 Å². The highest BCUT2D eigenvalue weighted by Crippen LogP contribution is 2.42. The van der Waals surface area contributed by atoms with Crippen molar-refractivity contribution in [2.24, 2.45) is 5.92 Å². The predicted octanol–water partition coefficient (Wildman–Crippen LogP) is 7.22. The van der Waals surface area contributed by atoms with Gasteiger partial charge < -0.3 is 24.3 Å². The van der Waals surface area contributed by atoms with Gasteiger partial charge in [-0.05, 0) is 64.4 Å². The van der Waals surface area contributed by atoms with Gasteiger partial charge in [0, 0.05) is 31.9 Å². The first-order valence-corrected chi connectivity index (χ1v) is 17.8. The summed E-state index contributed by atoms with van der Waals surface area (Å²) in [5.41, 5.74) is 4.23. The fourth-order valence-corrected chi connectivity index (χ4v) is 11.5. The topological polar surface area (TPSA) is 94.9 Å². The summed E-state index contributed by atoms with van der Waals surface area (Å²) >= 11 is 0. The lowest BCUT2D eigenvalue weighted by atomic mass is 10.0. The van der Waals surface area contributed by atoms with Crippen LogP contribution >= 0.6 is 0 Å². The van der Waals surface area contributed by atoms with E-state index in [9.17, 15) is 9.59 Å². The molecule has 1 heterocycles. The Kier molecular flexibility index (Phi) is 12.1. The average Bonchev–Trinajstić information content (AvgIpc) is 2.97. The molecule has 0 bridgehead atoms. The minimum Gasteiger partial charge on any atom is -0.503 e. The molecule has 1 aliphatic rings. The molecular weight excluding hydrogens is 556 g/mol. The second kappa shape index (κ2) is 15.3. The maximum atomic E-state index is 13.3. The molecule has 0 aromatic heterocycles. The molecule has 43 heavy (non-hydrogen) atoms. The number of nitrogens with one attached hydrogen (secondary N) is 1. The Bertz CT molecular complexity index is 1230. The summed E-state index contributed by atoms with van der Waals surface area (Å²) in [5.74, 6) is 0.595. The lowest BCUT2D eigenvalue weighted by Gasteiger charge is -2.43. The maximum absolute atomic E-state index is 13.3. The van der Waals surface area contributed by atoms with Crippen molar-refractivity contribution in [3.8, 4) is 22.9 Å². The van der Waals surface area contributed by atoms with Gasteiger partial charge in [0.2, 0.25) is 0 Å². The molecule has 3 rings (SSSR count). The van der Waals surface area contributed by atoms with Crippen LogP contribution in [0.15, 0.2) is 48.5 Å². The number of hydrogen-bond acceptors (Lipinski definition) is 6. The highest BCUT2D eigenvalue weighted by Gasteiger charge is 2.49. The first kappa shape index (κ1) is 34.0. The molecule has 1 fully saturated rings. The fourth-order valence-electron chi connectivity index (χ4n) is 6.37. The lowest BCUT2D eigenvalue weighted by molar-refractivity contribution is -0.128. The number of nitrogens with zero attached hydrogens (tertiary/aromatic N) is 3. The van der Waals surface area contributed by atoms with E-state index in [1.807, 2.05) is 49.1 Å². The summed E-state index contributed by atoms with van der Waals surface area (Å²) in [6.07, 6.45) is -0.267. The van der Waals surface area contributed by atoms with Crippen molar-refractivity contribution in [2.75, 3.05) is 37.6 Å². The van der Waals surface area contributed by atoms with Gasteiger partial charge in [0.05, 0.1) is 6.07 Å². The Balaban J connectivity index is 1.64. The number of piperazine rings is 1. The second-order valence-corrected chi connectivity index (χ2v) is 18.2. The number of hydrogen-bond donors (Lipinski definition) is 1. The Morgan fingerprint density at radius 3 is 2.02 bits per heavy atom. The van der Waals surface area contributed by atoms with Gasteiger partial charge in [0.1, 0.15) is 12.3 Å². The van der Waals surface area contributed by atoms with E-state index in [1.54, 1.807) is 0 Å². The Hall–Kier alpha value is -3.51. The van der Waals surface area contributed by atoms with Crippen LogP contribution in [0.2, 0.25) is 16.6 Å². The van der Waals surface area contributed by atoms with Crippen molar-refractivity contribution < 1.29 is 18.8 Å². The summed E-state index contributed by atoms with van der Waals surface area (Å²) < 4.78 is 12.5. The fraction of sp³-hybridized carbons (Fsp3) is 0.559. The van der Waals surface area contributed by atoms with Crippen LogP contribution in [-0.2, 0) is 9.22 Å². The zero-order chi connectivity index (χ0) is 31.7. The van der Waals surface area contributed by atoms with E-state index in [-0.39, 0.29) is 24.5 Å². The SMILES string of the molecule is CC(C)CC(Oc1cccc(-c2ccc(N3CCN(C(=O)O[Si](C(C)C)(C(C)C)C(C)C)CC3)cc2)c1)C(=O)NCC#N. The third-order valence-electron chi connectivity index (χ3n) is 8.51. The number of nitriles is 1. The molecule has 1 aliphatic heterocycles. The summed E-state index contributed by atoms with van der Waals surface area (Å²) in [6.45, 7) is 20.0. The van der Waals surface area contributed by atoms with Gasteiger partial charge in [-0.2, -0.15) is 5.26 Å². The number of benzene rings is 2. The Morgan fingerprint density at radius 1 is 0.884 bits per heavy atom. The molecule has 2 amide bonds. The molecule has 1 atom stereocenters. The smallest absolute Gasteiger partial charge is 0.396 e. The zero-order valence-electron chi connectivity index (χ0n) is 27.2. The summed E-state index contributed by atoms with van der Waals surface area (Å²) in [7, 11) is -2.27. The molecule has 234 valence electrons. The van der Waals surface area contributed by atoms with Crippen molar-refractivity contribution in [3.05, 3.63) is 48.5 Å². The first-order valence-electron chi connectivity index (χ1n) is 15.6. The molecule has 8 nitrogen and oxygen atoms in total. The minimum absolute atomic E-state index is 0.0427. The number of amides is 2. The van der Waals surface area contributed by atoms with Crippen LogP contribution < -0.4 is 15.0 Å². The van der Waals surface area contributed by atoms with Crippen LogP contribution in [0.1, 0.15) is 61.8 Å². The third-order valence-corrected chi connectivity index (χ3v) is 14.4. The highest BCUT2D eigenvalue weighted by atomic mass is 28.4. The zero-order valence-corrected chi connectivity index (χ0v) is 28.2. The predicted molar refractivity (Wildman–Crippen MR) is 176 cm³/mol. The van der Waals surface area contributed by atoms with Gasteiger partial charge >= 0.3 is 6.09 Å². The molecule has 0 saturated carbocycles. The summed E-state index contributed by atoms with van der Waals surface area (Å²) in [6, 6.07) is 18.1. The van der Waals surface area contributed by atoms with E-state index in [4.69, 9.17) is 14.4 Å². The van der Waals surface area contributed by atoms with Crippen molar-refractivity contribution in [1.29, 1.82) is 5.26 Å². The van der Waals surface area contributed by atoms with E-state index in [0.717, 1.165) is 29.9 Å². The van der Waals surface area contributed by atoms with Crippen molar-refractivity contribution in [2.45, 2.75) is 84.5 Å². The first-order chi connectivity index (χ1) is 20.4. The quantitative estimate of drug-likeness (QED) is 0.202. The van der Waals surface area contributed by atoms with Gasteiger partial charge in [-0.25, -0.2) is 4.79 Å². The molecule has 2 aromatic carbocycles. The highest BCUT2D eigenvalue weighted by molar-refractivity contribution is 6.78. The van der Waals surface area contributed by atoms with Gasteiger partial charge in [-0.1, -0.05) is 79.7 Å². The Labute approximate surface area is 259 Å². The number of anilines is 1. The Morgan fingerprint density at radius 2 is 1.49 bits per heavy atom. The van der Waals surface area contributed by atoms with E-state index < -0.39 is 14.4 Å². The average molecular weight is 607 g/mol. The molecule has 2 aromatic rings. The largest absolute Gasteiger partial charge is 0.503 e. The van der Waals surface area contributed by atoms with Crippen LogP contribution in [-0.4, -0.2) is 64.0 Å². The van der Waals surface area contributed by atoms with Gasteiger partial charge in [0.25, 0.3) is 14.2 Å². The standard InChI is InChI=1S/C34H50N4O4Si/c1-24(2)22-32(33(39)36-17-16-35)41-31-11-9-10-29(23-31)28-12-14-30(15-13-28)37-18-20-38(21-19-37)34(40)42-43(25(3)4,26(5)6)27(7)8/h9-15,23-27,32H,17-22H2,1-8H3,(H,36,39). The molecule has 1 unspecified atom stereocenters. The van der Waals surface area contributed by atoms with Crippen LogP contribution in [0.4, 0.5) is 10.5 Å². The van der Waals surface area contributed by atoms with Crippen molar-refractivity contribution in [1.82, 2.24) is 10.2 Å². The summed E-state index contributed by atoms with van der Waals surface area (Å²) in [5, 5.41) is 11.4. The lowest BCUT2D eigenvalue weighted by Crippen LogP contribution is -2.55. The normalized spacial score (nSPS) is 14.7. The van der Waals surface area contributed by atoms with E-state index in [2.05, 4.69) is 76.0 Å². The van der Waals surface area contributed by atoms with Crippen LogP contribution in [0.5, 0.6) is 5.75 Å². The molecule has 9 heteroatoms. The van der Waals surface area contributed by atoms with Crippen molar-refractivity contribution >= 4 is 26.0 Å². The van der Waals surface area contributed by atoms with Crippen molar-refractivity contribution in [3.63, 3.8) is 0 Å². The van der Waals surface area contributed by atoms with Crippen LogP contribution in [0.3, 0.4) is 0 Å². The molecular formula is C34H50N4O4Si. The monoisotopic (exact) mass is 606 g/mol. The van der Waals surface area contributed by atoms with E-state index in [1.165, 1.54) is 0 Å². The molecule has 1 N–H and O–H groups in total. The number of ether oxygens (including phenoxy) is 1. The van der Waals surface area contributed by atoms with Crippen LogP contribution in [0, 0.1) is 17.2 Å². The molecule has 0 radical (unpaired) electrons.